The summed E-state index contributed by atoms with van der Waals surface area (Å²) >= 11 is 1.58. The van der Waals surface area contributed by atoms with Gasteiger partial charge in [0.25, 0.3) is 0 Å². The molecule has 1 aromatic heterocycles. The van der Waals surface area contributed by atoms with Gasteiger partial charge in [-0.25, -0.2) is 4.98 Å². The van der Waals surface area contributed by atoms with Crippen LogP contribution in [0, 0.1) is 0 Å². The van der Waals surface area contributed by atoms with Gasteiger partial charge in [-0.2, -0.15) is 4.98 Å². The number of carbonyl (C=O) groups is 1. The van der Waals surface area contributed by atoms with Crippen molar-refractivity contribution in [3.8, 4) is 0 Å². The Morgan fingerprint density at radius 2 is 1.89 bits per heavy atom. The standard InChI is InChI=1S/C21H25N5OS/c1-22-28-16-9-7-14(8-10-16)24-20-23-13-17-18(25-20)26(15-5-3-2-4-6-15)19(27)21(17)11-12-21/h7-10,13,15,22H,2-6,11-12H2,1H3,(H,23,24,25). The van der Waals surface area contributed by atoms with Gasteiger partial charge in [0.2, 0.25) is 11.9 Å². The molecular formula is C21H25N5OS. The van der Waals surface area contributed by atoms with E-state index in [4.69, 9.17) is 4.98 Å². The van der Waals surface area contributed by atoms with Crippen LogP contribution >= 0.6 is 11.9 Å². The van der Waals surface area contributed by atoms with Crippen LogP contribution in [0.3, 0.4) is 0 Å². The average Bonchev–Trinajstić information content (AvgIpc) is 3.48. The Labute approximate surface area is 169 Å². The highest BCUT2D eigenvalue weighted by Gasteiger charge is 2.61. The van der Waals surface area contributed by atoms with Gasteiger partial charge < -0.3 is 5.32 Å². The van der Waals surface area contributed by atoms with Gasteiger partial charge in [-0.3, -0.25) is 14.4 Å². The van der Waals surface area contributed by atoms with E-state index < -0.39 is 0 Å². The topological polar surface area (TPSA) is 70.2 Å². The zero-order chi connectivity index (χ0) is 19.1. The SMILES string of the molecule is CNSc1ccc(Nc2ncc3c(n2)N(C2CCCCC2)C(=O)C32CC2)cc1. The van der Waals surface area contributed by atoms with Gasteiger partial charge in [0.15, 0.2) is 0 Å². The molecule has 0 saturated heterocycles. The maximum atomic E-state index is 13.2. The molecule has 6 nitrogen and oxygen atoms in total. The van der Waals surface area contributed by atoms with E-state index >= 15 is 0 Å². The third-order valence-electron chi connectivity index (χ3n) is 6.16. The first-order chi connectivity index (χ1) is 13.7. The molecular weight excluding hydrogens is 370 g/mol. The molecule has 7 heteroatoms. The second-order valence-electron chi connectivity index (χ2n) is 7.94. The molecule has 1 aromatic carbocycles. The minimum Gasteiger partial charge on any atom is -0.324 e. The Kier molecular flexibility index (Phi) is 4.51. The molecule has 2 aliphatic carbocycles. The molecule has 3 aliphatic rings. The fourth-order valence-corrected chi connectivity index (χ4v) is 5.04. The molecule has 1 amide bonds. The first-order valence-electron chi connectivity index (χ1n) is 10.1. The van der Waals surface area contributed by atoms with Crippen LogP contribution in [-0.4, -0.2) is 29.0 Å². The molecule has 1 spiro atoms. The van der Waals surface area contributed by atoms with Crippen LogP contribution in [-0.2, 0) is 10.2 Å². The van der Waals surface area contributed by atoms with Gasteiger partial charge in [-0.1, -0.05) is 19.3 Å². The van der Waals surface area contributed by atoms with Crippen molar-refractivity contribution in [1.82, 2.24) is 14.7 Å². The molecule has 0 radical (unpaired) electrons. The lowest BCUT2D eigenvalue weighted by Gasteiger charge is -2.31. The van der Waals surface area contributed by atoms with Crippen molar-refractivity contribution in [2.24, 2.45) is 0 Å². The van der Waals surface area contributed by atoms with Crippen LogP contribution in [0.15, 0.2) is 35.4 Å². The second kappa shape index (κ2) is 7.04. The van der Waals surface area contributed by atoms with Crippen LogP contribution < -0.4 is 14.9 Å². The molecule has 2 N–H and O–H groups in total. The number of nitrogens with one attached hydrogen (secondary N) is 2. The highest BCUT2D eigenvalue weighted by molar-refractivity contribution is 7.97. The van der Waals surface area contributed by atoms with Gasteiger partial charge in [-0.15, -0.1) is 0 Å². The minimum atomic E-state index is -0.322. The number of hydrogen-bond donors (Lipinski definition) is 2. The molecule has 28 heavy (non-hydrogen) atoms. The predicted molar refractivity (Wildman–Crippen MR) is 112 cm³/mol. The van der Waals surface area contributed by atoms with Crippen molar-refractivity contribution in [3.05, 3.63) is 36.0 Å². The summed E-state index contributed by atoms with van der Waals surface area (Å²) in [5, 5.41) is 3.30. The summed E-state index contributed by atoms with van der Waals surface area (Å²) < 4.78 is 3.07. The summed E-state index contributed by atoms with van der Waals surface area (Å²) in [6.07, 6.45) is 9.58. The Hall–Kier alpha value is -2.12. The first kappa shape index (κ1) is 17.9. The average molecular weight is 396 g/mol. The van der Waals surface area contributed by atoms with Gasteiger partial charge in [0.1, 0.15) is 5.82 Å². The van der Waals surface area contributed by atoms with Crippen molar-refractivity contribution in [1.29, 1.82) is 0 Å². The summed E-state index contributed by atoms with van der Waals surface area (Å²) in [6, 6.07) is 8.42. The molecule has 5 rings (SSSR count). The molecule has 146 valence electrons. The molecule has 2 fully saturated rings. The third kappa shape index (κ3) is 2.97. The number of amides is 1. The largest absolute Gasteiger partial charge is 0.324 e. The normalized spacial score (nSPS) is 20.5. The summed E-state index contributed by atoms with van der Waals surface area (Å²) in [5.74, 6) is 1.66. The quantitative estimate of drug-likeness (QED) is 0.741. The van der Waals surface area contributed by atoms with Crippen LogP contribution in [0.2, 0.25) is 0 Å². The van der Waals surface area contributed by atoms with E-state index in [9.17, 15) is 4.79 Å². The van der Waals surface area contributed by atoms with Crippen molar-refractivity contribution in [3.63, 3.8) is 0 Å². The molecule has 1 aliphatic heterocycles. The van der Waals surface area contributed by atoms with Gasteiger partial charge in [0, 0.05) is 28.4 Å². The number of benzene rings is 1. The number of aromatic nitrogens is 2. The number of hydrogen-bond acceptors (Lipinski definition) is 6. The lowest BCUT2D eigenvalue weighted by atomic mass is 9.94. The van der Waals surface area contributed by atoms with Gasteiger partial charge in [-0.05, 0) is 68.9 Å². The number of fused-ring (bicyclic) bond motifs is 2. The molecule has 0 unspecified atom stereocenters. The minimum absolute atomic E-state index is 0.259. The van der Waals surface area contributed by atoms with Crippen LogP contribution in [0.25, 0.3) is 0 Å². The number of anilines is 3. The zero-order valence-electron chi connectivity index (χ0n) is 16.1. The monoisotopic (exact) mass is 395 g/mol. The maximum Gasteiger partial charge on any atom is 0.239 e. The van der Waals surface area contributed by atoms with Crippen molar-refractivity contribution in [2.75, 3.05) is 17.3 Å². The Balaban J connectivity index is 1.43. The summed E-state index contributed by atoms with van der Waals surface area (Å²) in [6.45, 7) is 0. The fourth-order valence-electron chi connectivity index (χ4n) is 4.54. The Bertz CT molecular complexity index is 890. The second-order valence-corrected chi connectivity index (χ2v) is 9.02. The fraction of sp³-hybridized carbons (Fsp3) is 0.476. The van der Waals surface area contributed by atoms with E-state index in [2.05, 4.69) is 15.0 Å². The number of carbonyl (C=O) groups excluding carboxylic acids is 1. The van der Waals surface area contributed by atoms with E-state index in [-0.39, 0.29) is 11.3 Å². The van der Waals surface area contributed by atoms with Crippen LogP contribution in [0.1, 0.15) is 50.5 Å². The van der Waals surface area contributed by atoms with E-state index in [1.165, 1.54) is 19.3 Å². The lowest BCUT2D eigenvalue weighted by Crippen LogP contribution is -2.42. The summed E-state index contributed by atoms with van der Waals surface area (Å²) in [5.41, 5.74) is 1.65. The van der Waals surface area contributed by atoms with E-state index in [1.54, 1.807) is 11.9 Å². The van der Waals surface area contributed by atoms with E-state index in [1.807, 2.05) is 42.4 Å². The maximum absolute atomic E-state index is 13.2. The summed E-state index contributed by atoms with van der Waals surface area (Å²) in [7, 11) is 1.90. The highest BCUT2D eigenvalue weighted by Crippen LogP contribution is 2.57. The Morgan fingerprint density at radius 3 is 2.57 bits per heavy atom. The van der Waals surface area contributed by atoms with Crippen molar-refractivity contribution in [2.45, 2.75) is 61.3 Å². The predicted octanol–water partition coefficient (Wildman–Crippen LogP) is 4.16. The van der Waals surface area contributed by atoms with Gasteiger partial charge >= 0.3 is 0 Å². The summed E-state index contributed by atoms with van der Waals surface area (Å²) in [4.78, 5) is 25.8. The van der Waals surface area contributed by atoms with E-state index in [0.29, 0.717) is 12.0 Å². The third-order valence-corrected chi connectivity index (χ3v) is 6.87. The molecule has 2 saturated carbocycles. The first-order valence-corrected chi connectivity index (χ1v) is 10.9. The van der Waals surface area contributed by atoms with E-state index in [0.717, 1.165) is 47.6 Å². The van der Waals surface area contributed by atoms with Crippen molar-refractivity contribution < 1.29 is 4.79 Å². The zero-order valence-corrected chi connectivity index (χ0v) is 16.9. The van der Waals surface area contributed by atoms with Crippen LogP contribution in [0.5, 0.6) is 0 Å². The van der Waals surface area contributed by atoms with Gasteiger partial charge in [0.05, 0.1) is 5.41 Å². The molecule has 2 aromatic rings. The number of rotatable bonds is 5. The molecule has 0 bridgehead atoms. The van der Waals surface area contributed by atoms with Crippen molar-refractivity contribution >= 4 is 35.3 Å². The Morgan fingerprint density at radius 1 is 1.14 bits per heavy atom. The highest BCUT2D eigenvalue weighted by atomic mass is 32.2. The smallest absolute Gasteiger partial charge is 0.239 e. The van der Waals surface area contributed by atoms with Crippen LogP contribution in [0.4, 0.5) is 17.5 Å². The number of nitrogens with zero attached hydrogens (tertiary/aromatic N) is 3. The molecule has 0 atom stereocenters. The lowest BCUT2D eigenvalue weighted by molar-refractivity contribution is -0.120. The molecule has 2 heterocycles.